The number of aromatic amines is 1. The van der Waals surface area contributed by atoms with Crippen molar-refractivity contribution in [3.63, 3.8) is 0 Å². The van der Waals surface area contributed by atoms with Crippen molar-refractivity contribution >= 4 is 0 Å². The molecule has 1 N–H and O–H groups in total. The molecule has 4 heteroatoms. The van der Waals surface area contributed by atoms with Crippen LogP contribution in [0.3, 0.4) is 0 Å². The van der Waals surface area contributed by atoms with Gasteiger partial charge in [-0.1, -0.05) is 44.2 Å². The standard InChI is InChI=1S/C17H21N3O/c1-12(2)16-18-15-11-20(9-8-14(15)17(21)19-16)10-13-6-4-3-5-7-13/h3-7,12H,8-11H2,1-2H3,(H,18,19,21). The fourth-order valence-electron chi connectivity index (χ4n) is 2.76. The molecule has 0 atom stereocenters. The van der Waals surface area contributed by atoms with E-state index in [0.717, 1.165) is 43.1 Å². The Labute approximate surface area is 124 Å². The second-order valence-corrected chi connectivity index (χ2v) is 5.98. The van der Waals surface area contributed by atoms with Crippen molar-refractivity contribution in [3.8, 4) is 0 Å². The fourth-order valence-corrected chi connectivity index (χ4v) is 2.76. The number of fused-ring (bicyclic) bond motifs is 1. The normalized spacial score (nSPS) is 15.2. The number of benzene rings is 1. The molecule has 0 saturated heterocycles. The van der Waals surface area contributed by atoms with Crippen LogP contribution in [-0.2, 0) is 19.5 Å². The predicted molar refractivity (Wildman–Crippen MR) is 83.2 cm³/mol. The summed E-state index contributed by atoms with van der Waals surface area (Å²) in [5.41, 5.74) is 3.16. The first-order valence-corrected chi connectivity index (χ1v) is 7.51. The number of nitrogens with zero attached hydrogens (tertiary/aromatic N) is 2. The molecule has 0 bridgehead atoms. The highest BCUT2D eigenvalue weighted by Crippen LogP contribution is 2.18. The molecule has 21 heavy (non-hydrogen) atoms. The van der Waals surface area contributed by atoms with Gasteiger partial charge in [-0.3, -0.25) is 9.69 Å². The molecule has 0 unspecified atom stereocenters. The monoisotopic (exact) mass is 283 g/mol. The molecule has 0 amide bonds. The molecule has 1 aliphatic rings. The zero-order chi connectivity index (χ0) is 14.8. The zero-order valence-corrected chi connectivity index (χ0v) is 12.6. The largest absolute Gasteiger partial charge is 0.310 e. The molecule has 0 aliphatic carbocycles. The molecule has 2 heterocycles. The average molecular weight is 283 g/mol. The first-order chi connectivity index (χ1) is 10.1. The summed E-state index contributed by atoms with van der Waals surface area (Å²) in [7, 11) is 0. The number of rotatable bonds is 3. The van der Waals surface area contributed by atoms with E-state index in [1.807, 2.05) is 6.07 Å². The van der Waals surface area contributed by atoms with Crippen LogP contribution in [0.1, 0.15) is 42.4 Å². The first kappa shape index (κ1) is 14.0. The van der Waals surface area contributed by atoms with E-state index in [1.165, 1.54) is 5.56 Å². The lowest BCUT2D eigenvalue weighted by Crippen LogP contribution is -2.35. The van der Waals surface area contributed by atoms with Crippen LogP contribution in [0.15, 0.2) is 35.1 Å². The van der Waals surface area contributed by atoms with Crippen LogP contribution in [-0.4, -0.2) is 21.4 Å². The van der Waals surface area contributed by atoms with Crippen molar-refractivity contribution in [1.29, 1.82) is 0 Å². The zero-order valence-electron chi connectivity index (χ0n) is 12.6. The highest BCUT2D eigenvalue weighted by Gasteiger charge is 2.21. The molecular weight excluding hydrogens is 262 g/mol. The third-order valence-corrected chi connectivity index (χ3v) is 3.97. The van der Waals surface area contributed by atoms with Gasteiger partial charge in [-0.15, -0.1) is 0 Å². The second kappa shape index (κ2) is 5.82. The summed E-state index contributed by atoms with van der Waals surface area (Å²) >= 11 is 0. The molecule has 0 saturated carbocycles. The second-order valence-electron chi connectivity index (χ2n) is 5.98. The Hall–Kier alpha value is -1.94. The molecular formula is C17H21N3O. The third kappa shape index (κ3) is 3.05. The molecule has 3 rings (SSSR count). The van der Waals surface area contributed by atoms with Crippen LogP contribution in [0.5, 0.6) is 0 Å². The average Bonchev–Trinajstić information content (AvgIpc) is 2.48. The van der Waals surface area contributed by atoms with Crippen molar-refractivity contribution < 1.29 is 0 Å². The Morgan fingerprint density at radius 1 is 1.29 bits per heavy atom. The Balaban J connectivity index is 1.83. The van der Waals surface area contributed by atoms with Gasteiger partial charge in [-0.25, -0.2) is 4.98 Å². The summed E-state index contributed by atoms with van der Waals surface area (Å²) in [4.78, 5) is 22.1. The summed E-state index contributed by atoms with van der Waals surface area (Å²) < 4.78 is 0. The van der Waals surface area contributed by atoms with Gasteiger partial charge >= 0.3 is 0 Å². The van der Waals surface area contributed by atoms with Gasteiger partial charge in [0.15, 0.2) is 0 Å². The fraction of sp³-hybridized carbons (Fsp3) is 0.412. The molecule has 2 aromatic rings. The van der Waals surface area contributed by atoms with E-state index in [2.05, 4.69) is 53.0 Å². The van der Waals surface area contributed by atoms with Crippen LogP contribution < -0.4 is 5.56 Å². The summed E-state index contributed by atoms with van der Waals surface area (Å²) in [6.07, 6.45) is 0.781. The van der Waals surface area contributed by atoms with Gasteiger partial charge in [0.1, 0.15) is 5.82 Å². The molecule has 110 valence electrons. The number of nitrogens with one attached hydrogen (secondary N) is 1. The smallest absolute Gasteiger partial charge is 0.254 e. The van der Waals surface area contributed by atoms with Crippen molar-refractivity contribution in [2.45, 2.75) is 39.3 Å². The van der Waals surface area contributed by atoms with E-state index < -0.39 is 0 Å². The van der Waals surface area contributed by atoms with Crippen molar-refractivity contribution in [2.75, 3.05) is 6.54 Å². The van der Waals surface area contributed by atoms with Crippen LogP contribution in [0.25, 0.3) is 0 Å². The van der Waals surface area contributed by atoms with Gasteiger partial charge in [0.25, 0.3) is 5.56 Å². The Morgan fingerprint density at radius 2 is 2.05 bits per heavy atom. The van der Waals surface area contributed by atoms with Crippen LogP contribution in [0.2, 0.25) is 0 Å². The molecule has 0 radical (unpaired) electrons. The van der Waals surface area contributed by atoms with Crippen molar-refractivity contribution in [3.05, 3.63) is 63.3 Å². The lowest BCUT2D eigenvalue weighted by atomic mass is 10.0. The summed E-state index contributed by atoms with van der Waals surface area (Å²) in [5, 5.41) is 0. The van der Waals surface area contributed by atoms with Crippen molar-refractivity contribution in [2.24, 2.45) is 0 Å². The van der Waals surface area contributed by atoms with Gasteiger partial charge in [0.05, 0.1) is 5.69 Å². The van der Waals surface area contributed by atoms with Crippen LogP contribution in [0, 0.1) is 0 Å². The van der Waals surface area contributed by atoms with E-state index in [4.69, 9.17) is 0 Å². The number of hydrogen-bond acceptors (Lipinski definition) is 3. The maximum atomic E-state index is 12.1. The minimum atomic E-state index is 0.0445. The predicted octanol–water partition coefficient (Wildman–Crippen LogP) is 2.45. The van der Waals surface area contributed by atoms with Crippen LogP contribution in [0.4, 0.5) is 0 Å². The molecule has 4 nitrogen and oxygen atoms in total. The third-order valence-electron chi connectivity index (χ3n) is 3.97. The molecule has 0 spiro atoms. The highest BCUT2D eigenvalue weighted by atomic mass is 16.1. The number of hydrogen-bond donors (Lipinski definition) is 1. The Kier molecular flexibility index (Phi) is 3.88. The first-order valence-electron chi connectivity index (χ1n) is 7.51. The SMILES string of the molecule is CC(C)c1nc2c(c(=O)[nH]1)CCN(Cc1ccccc1)C2. The summed E-state index contributed by atoms with van der Waals surface area (Å²) in [6.45, 7) is 6.68. The maximum Gasteiger partial charge on any atom is 0.254 e. The van der Waals surface area contributed by atoms with E-state index in [0.29, 0.717) is 0 Å². The molecule has 1 aliphatic heterocycles. The lowest BCUT2D eigenvalue weighted by molar-refractivity contribution is 0.240. The molecule has 1 aromatic heterocycles. The maximum absolute atomic E-state index is 12.1. The van der Waals surface area contributed by atoms with E-state index in [1.54, 1.807) is 0 Å². The lowest BCUT2D eigenvalue weighted by Gasteiger charge is -2.28. The minimum Gasteiger partial charge on any atom is -0.310 e. The van der Waals surface area contributed by atoms with Gasteiger partial charge < -0.3 is 4.98 Å². The topological polar surface area (TPSA) is 49.0 Å². The number of aromatic nitrogens is 2. The van der Waals surface area contributed by atoms with E-state index >= 15 is 0 Å². The van der Waals surface area contributed by atoms with Gasteiger partial charge in [-0.2, -0.15) is 0 Å². The Morgan fingerprint density at radius 3 is 2.76 bits per heavy atom. The summed E-state index contributed by atoms with van der Waals surface area (Å²) in [6, 6.07) is 10.4. The summed E-state index contributed by atoms with van der Waals surface area (Å²) in [5.74, 6) is 1.04. The quantitative estimate of drug-likeness (QED) is 0.941. The van der Waals surface area contributed by atoms with Gasteiger partial charge in [0.2, 0.25) is 0 Å². The highest BCUT2D eigenvalue weighted by molar-refractivity contribution is 5.22. The Bertz CT molecular complexity index is 676. The van der Waals surface area contributed by atoms with Crippen molar-refractivity contribution in [1.82, 2.24) is 14.9 Å². The van der Waals surface area contributed by atoms with E-state index in [9.17, 15) is 4.79 Å². The van der Waals surface area contributed by atoms with E-state index in [-0.39, 0.29) is 11.5 Å². The van der Waals surface area contributed by atoms with Gasteiger partial charge in [-0.05, 0) is 12.0 Å². The molecule has 0 fully saturated rings. The van der Waals surface area contributed by atoms with Crippen LogP contribution >= 0.6 is 0 Å². The molecule has 1 aromatic carbocycles. The number of H-pyrrole nitrogens is 1. The van der Waals surface area contributed by atoms with Gasteiger partial charge in [0, 0.05) is 31.1 Å². The minimum absolute atomic E-state index is 0.0445.